The van der Waals surface area contributed by atoms with E-state index in [1.165, 1.54) is 25.7 Å². The average molecular weight is 327 g/mol. The van der Waals surface area contributed by atoms with E-state index in [4.69, 9.17) is 0 Å². The van der Waals surface area contributed by atoms with Crippen molar-refractivity contribution in [2.45, 2.75) is 51.5 Å². The quantitative estimate of drug-likeness (QED) is 0.449. The zero-order chi connectivity index (χ0) is 16.8. The lowest BCUT2D eigenvalue weighted by Gasteiger charge is -2.28. The number of hydrogen-bond donors (Lipinski definition) is 3. The molecule has 24 heavy (non-hydrogen) atoms. The third-order valence-corrected chi connectivity index (χ3v) is 4.90. The van der Waals surface area contributed by atoms with Crippen LogP contribution in [-0.2, 0) is 6.42 Å². The van der Waals surface area contributed by atoms with Crippen LogP contribution in [0.25, 0.3) is 11.0 Å². The van der Waals surface area contributed by atoms with Gasteiger partial charge in [0.15, 0.2) is 5.96 Å². The highest BCUT2D eigenvalue weighted by atomic mass is 15.2. The van der Waals surface area contributed by atoms with Gasteiger partial charge in [-0.15, -0.1) is 0 Å². The normalized spacial score (nSPS) is 21.8. The topological polar surface area (TPSA) is 65.1 Å². The standard InChI is InChI=1S/C19H29N5/c1-14-9-11-15(12-10-14)22-19(20-2)21-13-5-8-18-23-16-6-3-4-7-17(16)24-18/h3-4,6-7,14-15H,5,8-13H2,1-2H3,(H,23,24)(H2,20,21,22). The number of benzene rings is 1. The van der Waals surface area contributed by atoms with Crippen LogP contribution in [0, 0.1) is 5.92 Å². The Kier molecular flexibility index (Phi) is 5.72. The summed E-state index contributed by atoms with van der Waals surface area (Å²) in [7, 11) is 1.85. The number of H-pyrrole nitrogens is 1. The van der Waals surface area contributed by atoms with Crippen LogP contribution in [0.15, 0.2) is 29.3 Å². The number of aryl methyl sites for hydroxylation is 1. The maximum atomic E-state index is 4.62. The van der Waals surface area contributed by atoms with Gasteiger partial charge in [0.25, 0.3) is 0 Å². The van der Waals surface area contributed by atoms with Crippen molar-refractivity contribution in [1.29, 1.82) is 0 Å². The number of aromatic nitrogens is 2. The Morgan fingerprint density at radius 3 is 2.79 bits per heavy atom. The highest BCUT2D eigenvalue weighted by Crippen LogP contribution is 2.23. The van der Waals surface area contributed by atoms with Crippen molar-refractivity contribution in [2.75, 3.05) is 13.6 Å². The summed E-state index contributed by atoms with van der Waals surface area (Å²) >= 11 is 0. The lowest BCUT2D eigenvalue weighted by atomic mass is 9.87. The van der Waals surface area contributed by atoms with E-state index in [2.05, 4.69) is 38.6 Å². The van der Waals surface area contributed by atoms with Crippen LogP contribution in [0.1, 0.15) is 44.9 Å². The molecule has 1 fully saturated rings. The summed E-state index contributed by atoms with van der Waals surface area (Å²) in [6.07, 6.45) is 7.12. The number of guanidine groups is 1. The second-order valence-electron chi connectivity index (χ2n) is 6.90. The summed E-state index contributed by atoms with van der Waals surface area (Å²) in [5.41, 5.74) is 2.16. The number of nitrogens with zero attached hydrogens (tertiary/aromatic N) is 2. The molecule has 0 atom stereocenters. The molecule has 130 valence electrons. The van der Waals surface area contributed by atoms with E-state index < -0.39 is 0 Å². The van der Waals surface area contributed by atoms with E-state index >= 15 is 0 Å². The maximum Gasteiger partial charge on any atom is 0.191 e. The van der Waals surface area contributed by atoms with Crippen LogP contribution in [0.5, 0.6) is 0 Å². The minimum Gasteiger partial charge on any atom is -0.356 e. The van der Waals surface area contributed by atoms with Gasteiger partial charge in [-0.1, -0.05) is 19.1 Å². The number of aliphatic imine (C=N–C) groups is 1. The van der Waals surface area contributed by atoms with Crippen molar-refractivity contribution >= 4 is 17.0 Å². The van der Waals surface area contributed by atoms with Gasteiger partial charge in [-0.2, -0.15) is 0 Å². The summed E-state index contributed by atoms with van der Waals surface area (Å²) in [5.74, 6) is 2.86. The third kappa shape index (κ3) is 4.49. The molecule has 1 saturated carbocycles. The Labute approximate surface area is 144 Å². The fraction of sp³-hybridized carbons (Fsp3) is 0.579. The fourth-order valence-corrected chi connectivity index (χ4v) is 3.38. The van der Waals surface area contributed by atoms with Crippen LogP contribution in [-0.4, -0.2) is 35.6 Å². The molecule has 1 aromatic carbocycles. The molecule has 0 amide bonds. The zero-order valence-electron chi connectivity index (χ0n) is 14.8. The van der Waals surface area contributed by atoms with E-state index in [-0.39, 0.29) is 0 Å². The Balaban J connectivity index is 1.40. The molecule has 0 aliphatic heterocycles. The summed E-state index contributed by atoms with van der Waals surface area (Å²) in [4.78, 5) is 12.4. The Morgan fingerprint density at radius 1 is 1.25 bits per heavy atom. The van der Waals surface area contributed by atoms with Gasteiger partial charge in [0, 0.05) is 26.1 Å². The van der Waals surface area contributed by atoms with Crippen molar-refractivity contribution < 1.29 is 0 Å². The minimum absolute atomic E-state index is 0.572. The largest absolute Gasteiger partial charge is 0.356 e. The highest BCUT2D eigenvalue weighted by molar-refractivity contribution is 5.80. The average Bonchev–Trinajstić information content (AvgIpc) is 3.02. The molecule has 0 spiro atoms. The molecule has 1 aliphatic carbocycles. The zero-order valence-corrected chi connectivity index (χ0v) is 14.8. The number of hydrogen-bond acceptors (Lipinski definition) is 2. The second kappa shape index (κ2) is 8.18. The highest BCUT2D eigenvalue weighted by Gasteiger charge is 2.18. The van der Waals surface area contributed by atoms with E-state index in [0.717, 1.165) is 48.1 Å². The van der Waals surface area contributed by atoms with Crippen LogP contribution >= 0.6 is 0 Å². The summed E-state index contributed by atoms with van der Waals surface area (Å²) in [5, 5.41) is 6.99. The van der Waals surface area contributed by atoms with Gasteiger partial charge in [-0.3, -0.25) is 4.99 Å². The molecule has 0 bridgehead atoms. The number of rotatable bonds is 5. The molecule has 3 rings (SSSR count). The molecule has 0 unspecified atom stereocenters. The van der Waals surface area contributed by atoms with Gasteiger partial charge >= 0.3 is 0 Å². The van der Waals surface area contributed by atoms with Crippen molar-refractivity contribution in [3.63, 3.8) is 0 Å². The van der Waals surface area contributed by atoms with Gasteiger partial charge in [-0.05, 0) is 50.2 Å². The number of aromatic amines is 1. The van der Waals surface area contributed by atoms with Crippen LogP contribution in [0.4, 0.5) is 0 Å². The van der Waals surface area contributed by atoms with Gasteiger partial charge in [0.1, 0.15) is 5.82 Å². The smallest absolute Gasteiger partial charge is 0.191 e. The van der Waals surface area contributed by atoms with Crippen molar-refractivity contribution in [1.82, 2.24) is 20.6 Å². The van der Waals surface area contributed by atoms with Crippen molar-refractivity contribution in [3.8, 4) is 0 Å². The second-order valence-corrected chi connectivity index (χ2v) is 6.90. The number of para-hydroxylation sites is 2. The van der Waals surface area contributed by atoms with Crippen molar-refractivity contribution in [2.24, 2.45) is 10.9 Å². The maximum absolute atomic E-state index is 4.62. The van der Waals surface area contributed by atoms with E-state index in [1.807, 2.05) is 25.2 Å². The number of nitrogens with one attached hydrogen (secondary N) is 3. The molecular formula is C19H29N5. The SMILES string of the molecule is CN=C(NCCCc1nc2ccccc2[nH]1)NC1CCC(C)CC1. The van der Waals surface area contributed by atoms with Gasteiger partial charge in [0.2, 0.25) is 0 Å². The first-order valence-electron chi connectivity index (χ1n) is 9.15. The van der Waals surface area contributed by atoms with Gasteiger partial charge in [0.05, 0.1) is 11.0 Å². The fourth-order valence-electron chi connectivity index (χ4n) is 3.38. The summed E-state index contributed by atoms with van der Waals surface area (Å²) in [6.45, 7) is 3.25. The predicted octanol–water partition coefficient (Wildman–Crippen LogP) is 3.24. The lowest BCUT2D eigenvalue weighted by Crippen LogP contribution is -2.45. The molecule has 3 N–H and O–H groups in total. The van der Waals surface area contributed by atoms with Gasteiger partial charge in [-0.25, -0.2) is 4.98 Å². The molecular weight excluding hydrogens is 298 g/mol. The molecule has 5 heteroatoms. The van der Waals surface area contributed by atoms with Crippen LogP contribution in [0.3, 0.4) is 0 Å². The Morgan fingerprint density at radius 2 is 2.04 bits per heavy atom. The first-order chi connectivity index (χ1) is 11.7. The Bertz CT molecular complexity index is 634. The van der Waals surface area contributed by atoms with Crippen molar-refractivity contribution in [3.05, 3.63) is 30.1 Å². The van der Waals surface area contributed by atoms with Crippen LogP contribution < -0.4 is 10.6 Å². The van der Waals surface area contributed by atoms with E-state index in [1.54, 1.807) is 0 Å². The minimum atomic E-state index is 0.572. The molecule has 1 aromatic heterocycles. The number of imidazole rings is 1. The number of fused-ring (bicyclic) bond motifs is 1. The predicted molar refractivity (Wildman–Crippen MR) is 100 cm³/mol. The third-order valence-electron chi connectivity index (χ3n) is 4.90. The summed E-state index contributed by atoms with van der Waals surface area (Å²) in [6, 6.07) is 8.75. The van der Waals surface area contributed by atoms with E-state index in [9.17, 15) is 0 Å². The molecule has 0 saturated heterocycles. The summed E-state index contributed by atoms with van der Waals surface area (Å²) < 4.78 is 0. The molecule has 2 aromatic rings. The monoisotopic (exact) mass is 327 g/mol. The molecule has 5 nitrogen and oxygen atoms in total. The molecule has 0 radical (unpaired) electrons. The molecule has 1 aliphatic rings. The first-order valence-corrected chi connectivity index (χ1v) is 9.15. The lowest BCUT2D eigenvalue weighted by molar-refractivity contribution is 0.329. The van der Waals surface area contributed by atoms with Gasteiger partial charge < -0.3 is 15.6 Å². The molecule has 1 heterocycles. The first kappa shape index (κ1) is 16.8. The van der Waals surface area contributed by atoms with E-state index in [0.29, 0.717) is 6.04 Å². The van der Waals surface area contributed by atoms with Crippen LogP contribution in [0.2, 0.25) is 0 Å². The Hall–Kier alpha value is -2.04.